The van der Waals surface area contributed by atoms with E-state index in [2.05, 4.69) is 58.5 Å². The van der Waals surface area contributed by atoms with Crippen LogP contribution >= 0.6 is 15.9 Å². The molecule has 94 valence electrons. The van der Waals surface area contributed by atoms with Gasteiger partial charge in [-0.05, 0) is 27.8 Å². The van der Waals surface area contributed by atoms with Gasteiger partial charge in [0.1, 0.15) is 16.2 Å². The van der Waals surface area contributed by atoms with Crippen LogP contribution in [0.15, 0.2) is 10.7 Å². The molecule has 0 spiro atoms. The summed E-state index contributed by atoms with van der Waals surface area (Å²) in [4.78, 5) is 11.5. The number of hydrogen-bond donors (Lipinski definition) is 0. The predicted molar refractivity (Wildman–Crippen MR) is 74.4 cm³/mol. The standard InChI is InChI=1S/C13H20BrN3/c1-8(2)13-15-11(14)5-12(16-13)17-6-9(3)10(4)7-17/h5,8-10H,6-7H2,1-4H3. The highest BCUT2D eigenvalue weighted by molar-refractivity contribution is 9.10. The molecule has 1 aliphatic rings. The van der Waals surface area contributed by atoms with E-state index in [1.807, 2.05) is 6.07 Å². The van der Waals surface area contributed by atoms with E-state index >= 15 is 0 Å². The highest BCUT2D eigenvalue weighted by Crippen LogP contribution is 2.28. The maximum Gasteiger partial charge on any atom is 0.134 e. The number of aromatic nitrogens is 2. The zero-order valence-electron chi connectivity index (χ0n) is 10.9. The molecular formula is C13H20BrN3. The van der Waals surface area contributed by atoms with Crippen molar-refractivity contribution < 1.29 is 0 Å². The van der Waals surface area contributed by atoms with Crippen molar-refractivity contribution in [3.63, 3.8) is 0 Å². The topological polar surface area (TPSA) is 29.0 Å². The van der Waals surface area contributed by atoms with Gasteiger partial charge < -0.3 is 4.90 Å². The van der Waals surface area contributed by atoms with Crippen molar-refractivity contribution in [2.45, 2.75) is 33.6 Å². The van der Waals surface area contributed by atoms with Gasteiger partial charge in [-0.2, -0.15) is 0 Å². The molecule has 3 nitrogen and oxygen atoms in total. The Morgan fingerprint density at radius 1 is 1.24 bits per heavy atom. The molecule has 1 saturated heterocycles. The minimum atomic E-state index is 0.365. The molecule has 2 rings (SSSR count). The summed E-state index contributed by atoms with van der Waals surface area (Å²) in [5.41, 5.74) is 0. The number of rotatable bonds is 2. The van der Waals surface area contributed by atoms with Crippen molar-refractivity contribution in [3.8, 4) is 0 Å². The first-order valence-electron chi connectivity index (χ1n) is 6.26. The van der Waals surface area contributed by atoms with E-state index in [-0.39, 0.29) is 0 Å². The molecule has 2 heterocycles. The lowest BCUT2D eigenvalue weighted by molar-refractivity contribution is 0.494. The molecule has 17 heavy (non-hydrogen) atoms. The highest BCUT2D eigenvalue weighted by atomic mass is 79.9. The molecule has 0 amide bonds. The molecule has 0 aliphatic carbocycles. The summed E-state index contributed by atoms with van der Waals surface area (Å²) in [7, 11) is 0. The fourth-order valence-electron chi connectivity index (χ4n) is 2.16. The van der Waals surface area contributed by atoms with Crippen LogP contribution in [0, 0.1) is 11.8 Å². The second-order valence-corrected chi connectivity index (χ2v) is 6.23. The van der Waals surface area contributed by atoms with E-state index in [0.717, 1.165) is 41.2 Å². The second-order valence-electron chi connectivity index (χ2n) is 5.42. The maximum atomic E-state index is 4.67. The second kappa shape index (κ2) is 4.92. The predicted octanol–water partition coefficient (Wildman–Crippen LogP) is 3.45. The minimum Gasteiger partial charge on any atom is -0.356 e. The van der Waals surface area contributed by atoms with E-state index in [4.69, 9.17) is 0 Å². The summed E-state index contributed by atoms with van der Waals surface area (Å²) in [5.74, 6) is 3.83. The van der Waals surface area contributed by atoms with Crippen LogP contribution in [0.3, 0.4) is 0 Å². The Morgan fingerprint density at radius 3 is 2.35 bits per heavy atom. The lowest BCUT2D eigenvalue weighted by atomic mass is 10.0. The monoisotopic (exact) mass is 297 g/mol. The highest BCUT2D eigenvalue weighted by Gasteiger charge is 2.27. The van der Waals surface area contributed by atoms with Crippen molar-refractivity contribution in [3.05, 3.63) is 16.5 Å². The van der Waals surface area contributed by atoms with Crippen molar-refractivity contribution >= 4 is 21.7 Å². The van der Waals surface area contributed by atoms with Gasteiger partial charge in [-0.1, -0.05) is 27.7 Å². The largest absolute Gasteiger partial charge is 0.356 e. The molecule has 1 fully saturated rings. The van der Waals surface area contributed by atoms with Gasteiger partial charge in [0, 0.05) is 25.1 Å². The van der Waals surface area contributed by atoms with E-state index in [9.17, 15) is 0 Å². The summed E-state index contributed by atoms with van der Waals surface area (Å²) in [6.45, 7) is 11.1. The summed E-state index contributed by atoms with van der Waals surface area (Å²) in [6, 6.07) is 2.02. The molecule has 0 aromatic carbocycles. The van der Waals surface area contributed by atoms with E-state index < -0.39 is 0 Å². The lowest BCUT2D eigenvalue weighted by Gasteiger charge is -2.18. The van der Waals surface area contributed by atoms with Crippen LogP contribution in [0.1, 0.15) is 39.4 Å². The number of hydrogen-bond acceptors (Lipinski definition) is 3. The number of halogens is 1. The fourth-order valence-corrected chi connectivity index (χ4v) is 2.55. The van der Waals surface area contributed by atoms with Crippen molar-refractivity contribution in [1.82, 2.24) is 9.97 Å². The van der Waals surface area contributed by atoms with Crippen LogP contribution in [-0.4, -0.2) is 23.1 Å². The van der Waals surface area contributed by atoms with Crippen molar-refractivity contribution in [2.24, 2.45) is 11.8 Å². The number of anilines is 1. The third-order valence-electron chi connectivity index (χ3n) is 3.53. The SMILES string of the molecule is CC(C)c1nc(Br)cc(N2CC(C)C(C)C2)n1. The molecule has 2 atom stereocenters. The van der Waals surface area contributed by atoms with E-state index in [1.54, 1.807) is 0 Å². The minimum absolute atomic E-state index is 0.365. The van der Waals surface area contributed by atoms with Gasteiger partial charge in [0.05, 0.1) is 0 Å². The van der Waals surface area contributed by atoms with Crippen LogP contribution in [0.2, 0.25) is 0 Å². The molecular weight excluding hydrogens is 278 g/mol. The van der Waals surface area contributed by atoms with Crippen LogP contribution in [0.5, 0.6) is 0 Å². The Balaban J connectivity index is 2.27. The Hall–Kier alpha value is -0.640. The Morgan fingerprint density at radius 2 is 1.82 bits per heavy atom. The fraction of sp³-hybridized carbons (Fsp3) is 0.692. The van der Waals surface area contributed by atoms with Gasteiger partial charge in [0.15, 0.2) is 0 Å². The third kappa shape index (κ3) is 2.79. The Bertz CT molecular complexity index is 396. The van der Waals surface area contributed by atoms with Crippen molar-refractivity contribution in [1.29, 1.82) is 0 Å². The molecule has 1 aromatic rings. The van der Waals surface area contributed by atoms with Crippen LogP contribution < -0.4 is 4.90 Å². The number of nitrogens with zero attached hydrogens (tertiary/aromatic N) is 3. The van der Waals surface area contributed by atoms with Gasteiger partial charge in [0.2, 0.25) is 0 Å². The Kier molecular flexibility index (Phi) is 3.71. The van der Waals surface area contributed by atoms with Gasteiger partial charge in [-0.15, -0.1) is 0 Å². The molecule has 0 bridgehead atoms. The van der Waals surface area contributed by atoms with Gasteiger partial charge >= 0.3 is 0 Å². The van der Waals surface area contributed by atoms with Gasteiger partial charge in [-0.3, -0.25) is 0 Å². The summed E-state index contributed by atoms with van der Waals surface area (Å²) in [6.07, 6.45) is 0. The lowest BCUT2D eigenvalue weighted by Crippen LogP contribution is -2.21. The first kappa shape index (κ1) is 12.8. The first-order valence-corrected chi connectivity index (χ1v) is 7.06. The summed E-state index contributed by atoms with van der Waals surface area (Å²) in [5, 5.41) is 0. The summed E-state index contributed by atoms with van der Waals surface area (Å²) < 4.78 is 0.887. The van der Waals surface area contributed by atoms with E-state index in [0.29, 0.717) is 5.92 Å². The molecule has 0 N–H and O–H groups in total. The molecule has 4 heteroatoms. The quantitative estimate of drug-likeness (QED) is 0.783. The van der Waals surface area contributed by atoms with Crippen LogP contribution in [0.25, 0.3) is 0 Å². The molecule has 0 radical (unpaired) electrons. The molecule has 2 unspecified atom stereocenters. The normalized spacial score (nSPS) is 24.7. The molecule has 1 aromatic heterocycles. The van der Waals surface area contributed by atoms with Gasteiger partial charge in [0.25, 0.3) is 0 Å². The first-order chi connectivity index (χ1) is 7.97. The third-order valence-corrected chi connectivity index (χ3v) is 3.93. The smallest absolute Gasteiger partial charge is 0.134 e. The maximum absolute atomic E-state index is 4.67. The average Bonchev–Trinajstić information content (AvgIpc) is 2.58. The van der Waals surface area contributed by atoms with Crippen LogP contribution in [-0.2, 0) is 0 Å². The van der Waals surface area contributed by atoms with Crippen LogP contribution in [0.4, 0.5) is 5.82 Å². The zero-order chi connectivity index (χ0) is 12.6. The van der Waals surface area contributed by atoms with Gasteiger partial charge in [-0.25, -0.2) is 9.97 Å². The molecule has 1 aliphatic heterocycles. The molecule has 0 saturated carbocycles. The average molecular weight is 298 g/mol. The Labute approximate surface area is 112 Å². The van der Waals surface area contributed by atoms with Crippen molar-refractivity contribution in [2.75, 3.05) is 18.0 Å². The zero-order valence-corrected chi connectivity index (χ0v) is 12.5. The summed E-state index contributed by atoms with van der Waals surface area (Å²) >= 11 is 3.48. The van der Waals surface area contributed by atoms with E-state index in [1.165, 1.54) is 0 Å².